The summed E-state index contributed by atoms with van der Waals surface area (Å²) in [6.45, 7) is 5.30. The maximum atomic E-state index is 11.5. The van der Waals surface area contributed by atoms with Gasteiger partial charge in [-0.15, -0.1) is 0 Å². The molecule has 20 heavy (non-hydrogen) atoms. The Bertz CT molecular complexity index is 287. The summed E-state index contributed by atoms with van der Waals surface area (Å²) in [6.07, 6.45) is -1.42. The van der Waals surface area contributed by atoms with Crippen LogP contribution in [0.25, 0.3) is 0 Å². The van der Waals surface area contributed by atoms with Crippen LogP contribution >= 0.6 is 0 Å². The summed E-state index contributed by atoms with van der Waals surface area (Å²) in [5.74, 6) is -2.07. The van der Waals surface area contributed by atoms with Crippen LogP contribution in [0.4, 0.5) is 0 Å². The van der Waals surface area contributed by atoms with Crippen LogP contribution in [0.3, 0.4) is 0 Å². The highest BCUT2D eigenvalue weighted by Gasteiger charge is 2.37. The van der Waals surface area contributed by atoms with Crippen LogP contribution in [0.15, 0.2) is 0 Å². The lowest BCUT2D eigenvalue weighted by atomic mass is 9.91. The second-order valence-electron chi connectivity index (χ2n) is 4.17. The number of esters is 3. The van der Waals surface area contributed by atoms with Crippen molar-refractivity contribution in [2.24, 2.45) is 0 Å². The van der Waals surface area contributed by atoms with Gasteiger partial charge in [0.25, 0.3) is 0 Å². The molecule has 0 aliphatic rings. The predicted molar refractivity (Wildman–Crippen MR) is 68.7 cm³/mol. The maximum absolute atomic E-state index is 11.5. The number of rotatable bonds is 9. The third kappa shape index (κ3) is 7.73. The molecule has 0 saturated heterocycles. The molecular formula is C13H22O7. The Morgan fingerprint density at radius 1 is 0.750 bits per heavy atom. The number of aliphatic hydroxyl groups is 1. The van der Waals surface area contributed by atoms with E-state index in [1.165, 1.54) is 0 Å². The van der Waals surface area contributed by atoms with Crippen LogP contribution in [-0.2, 0) is 28.6 Å². The minimum Gasteiger partial charge on any atom is -0.466 e. The number of carbonyl (C=O) groups excluding carboxylic acids is 3. The first-order chi connectivity index (χ1) is 9.36. The fourth-order valence-corrected chi connectivity index (χ4v) is 1.63. The van der Waals surface area contributed by atoms with Crippen LogP contribution in [0.2, 0.25) is 0 Å². The van der Waals surface area contributed by atoms with E-state index in [9.17, 15) is 19.5 Å². The molecule has 0 rings (SSSR count). The van der Waals surface area contributed by atoms with Crippen molar-refractivity contribution in [1.29, 1.82) is 0 Å². The third-order valence-electron chi connectivity index (χ3n) is 2.34. The van der Waals surface area contributed by atoms with E-state index in [-0.39, 0.29) is 19.8 Å². The molecule has 116 valence electrons. The minimum absolute atomic E-state index is 0.147. The van der Waals surface area contributed by atoms with Gasteiger partial charge in [0.2, 0.25) is 0 Å². The maximum Gasteiger partial charge on any atom is 0.308 e. The molecule has 0 bridgehead atoms. The number of hydrogen-bond acceptors (Lipinski definition) is 7. The fraction of sp³-hybridized carbons (Fsp3) is 0.769. The van der Waals surface area contributed by atoms with Crippen LogP contribution in [-0.4, -0.2) is 48.4 Å². The van der Waals surface area contributed by atoms with Crippen molar-refractivity contribution < 1.29 is 33.7 Å². The Morgan fingerprint density at radius 2 is 1.00 bits per heavy atom. The normalized spacial score (nSPS) is 10.8. The van der Waals surface area contributed by atoms with E-state index in [1.54, 1.807) is 20.8 Å². The lowest BCUT2D eigenvalue weighted by Crippen LogP contribution is -2.38. The Kier molecular flexibility index (Phi) is 8.54. The molecule has 0 spiro atoms. The zero-order chi connectivity index (χ0) is 15.6. The van der Waals surface area contributed by atoms with Crippen molar-refractivity contribution >= 4 is 17.9 Å². The van der Waals surface area contributed by atoms with Crippen LogP contribution in [0.1, 0.15) is 40.0 Å². The summed E-state index contributed by atoms with van der Waals surface area (Å²) in [7, 11) is 0. The van der Waals surface area contributed by atoms with Crippen molar-refractivity contribution in [3.63, 3.8) is 0 Å². The average Bonchev–Trinajstić information content (AvgIpc) is 2.28. The van der Waals surface area contributed by atoms with E-state index >= 15 is 0 Å². The number of hydrogen-bond donors (Lipinski definition) is 1. The van der Waals surface area contributed by atoms with E-state index in [2.05, 4.69) is 0 Å². The molecule has 0 aliphatic heterocycles. The molecule has 0 aromatic carbocycles. The molecule has 1 N–H and O–H groups in total. The van der Waals surface area contributed by atoms with Gasteiger partial charge in [-0.25, -0.2) is 0 Å². The summed E-state index contributed by atoms with van der Waals surface area (Å²) >= 11 is 0. The molecule has 7 heteroatoms. The Labute approximate surface area is 118 Å². The molecule has 0 heterocycles. The van der Waals surface area contributed by atoms with Gasteiger partial charge in [0.15, 0.2) is 0 Å². The summed E-state index contributed by atoms with van der Waals surface area (Å²) in [5.41, 5.74) is -1.86. The molecule has 0 amide bonds. The Hall–Kier alpha value is -1.63. The summed E-state index contributed by atoms with van der Waals surface area (Å²) in [4.78, 5) is 34.4. The summed E-state index contributed by atoms with van der Waals surface area (Å²) < 4.78 is 14.2. The molecule has 7 nitrogen and oxygen atoms in total. The zero-order valence-electron chi connectivity index (χ0n) is 12.1. The number of carbonyl (C=O) groups is 3. The SMILES string of the molecule is CCOC(=O)CC(O)(CC(=O)OCC)CC(=O)OCC. The molecule has 0 aliphatic carbocycles. The zero-order valence-corrected chi connectivity index (χ0v) is 12.1. The van der Waals surface area contributed by atoms with E-state index in [1.807, 2.05) is 0 Å². The largest absolute Gasteiger partial charge is 0.466 e. The monoisotopic (exact) mass is 290 g/mol. The van der Waals surface area contributed by atoms with Gasteiger partial charge in [0.05, 0.1) is 44.7 Å². The van der Waals surface area contributed by atoms with Crippen molar-refractivity contribution in [2.75, 3.05) is 19.8 Å². The van der Waals surface area contributed by atoms with Gasteiger partial charge in [0.1, 0.15) is 0 Å². The molecular weight excluding hydrogens is 268 g/mol. The van der Waals surface area contributed by atoms with Crippen LogP contribution in [0, 0.1) is 0 Å². The quantitative estimate of drug-likeness (QED) is 0.489. The van der Waals surface area contributed by atoms with Gasteiger partial charge < -0.3 is 19.3 Å². The van der Waals surface area contributed by atoms with Crippen molar-refractivity contribution in [2.45, 2.75) is 45.6 Å². The highest BCUT2D eigenvalue weighted by Crippen LogP contribution is 2.22. The van der Waals surface area contributed by atoms with Crippen molar-refractivity contribution in [3.05, 3.63) is 0 Å². The molecule has 0 aromatic rings. The predicted octanol–water partition coefficient (Wildman–Crippen LogP) is 0.577. The second-order valence-corrected chi connectivity index (χ2v) is 4.17. The lowest BCUT2D eigenvalue weighted by Gasteiger charge is -2.25. The Morgan fingerprint density at radius 3 is 1.20 bits per heavy atom. The molecule has 0 saturated carbocycles. The number of ether oxygens (including phenoxy) is 3. The molecule has 0 fully saturated rings. The van der Waals surface area contributed by atoms with Crippen LogP contribution in [0.5, 0.6) is 0 Å². The second kappa shape index (κ2) is 9.30. The van der Waals surface area contributed by atoms with Crippen molar-refractivity contribution in [3.8, 4) is 0 Å². The first kappa shape index (κ1) is 18.4. The molecule has 0 atom stereocenters. The van der Waals surface area contributed by atoms with Gasteiger partial charge in [-0.1, -0.05) is 0 Å². The first-order valence-corrected chi connectivity index (χ1v) is 6.56. The minimum atomic E-state index is -1.86. The lowest BCUT2D eigenvalue weighted by molar-refractivity contribution is -0.160. The van der Waals surface area contributed by atoms with Gasteiger partial charge in [-0.2, -0.15) is 0 Å². The van der Waals surface area contributed by atoms with Gasteiger partial charge in [-0.3, -0.25) is 14.4 Å². The van der Waals surface area contributed by atoms with Crippen LogP contribution < -0.4 is 0 Å². The van der Waals surface area contributed by atoms with Gasteiger partial charge in [-0.05, 0) is 20.8 Å². The topological polar surface area (TPSA) is 99.1 Å². The highest BCUT2D eigenvalue weighted by atomic mass is 16.5. The van der Waals surface area contributed by atoms with Crippen molar-refractivity contribution in [1.82, 2.24) is 0 Å². The van der Waals surface area contributed by atoms with E-state index in [0.717, 1.165) is 0 Å². The molecule has 0 radical (unpaired) electrons. The van der Waals surface area contributed by atoms with E-state index in [4.69, 9.17) is 14.2 Å². The highest BCUT2D eigenvalue weighted by molar-refractivity contribution is 5.78. The summed E-state index contributed by atoms with van der Waals surface area (Å²) in [6, 6.07) is 0. The smallest absolute Gasteiger partial charge is 0.308 e. The average molecular weight is 290 g/mol. The van der Waals surface area contributed by atoms with Gasteiger partial charge in [0, 0.05) is 0 Å². The third-order valence-corrected chi connectivity index (χ3v) is 2.34. The molecule has 0 unspecified atom stereocenters. The standard InChI is InChI=1S/C13H22O7/c1-4-18-10(14)7-13(17,8-11(15)19-5-2)9-12(16)20-6-3/h17H,4-9H2,1-3H3. The fourth-order valence-electron chi connectivity index (χ4n) is 1.63. The first-order valence-electron chi connectivity index (χ1n) is 6.56. The Balaban J connectivity index is 4.77. The molecule has 0 aromatic heterocycles. The summed E-state index contributed by atoms with van der Waals surface area (Å²) in [5, 5.41) is 10.3. The van der Waals surface area contributed by atoms with Gasteiger partial charge >= 0.3 is 17.9 Å². The van der Waals surface area contributed by atoms with E-state index < -0.39 is 42.8 Å². The van der Waals surface area contributed by atoms with E-state index in [0.29, 0.717) is 0 Å².